The lowest BCUT2D eigenvalue weighted by atomic mass is 9.55. The molecule has 0 amide bonds. The van der Waals surface area contributed by atoms with Gasteiger partial charge in [0.05, 0.1) is 13.2 Å². The predicted octanol–water partition coefficient (Wildman–Crippen LogP) is 4.77. The molecule has 0 atom stereocenters. The third kappa shape index (κ3) is 3.24. The lowest BCUT2D eigenvalue weighted by Crippen LogP contribution is -2.45. The molecule has 0 bridgehead atoms. The molecule has 4 rings (SSSR count). The first-order valence-corrected chi connectivity index (χ1v) is 9.93. The summed E-state index contributed by atoms with van der Waals surface area (Å²) in [5, 5.41) is 0. The molecule has 0 aromatic heterocycles. The van der Waals surface area contributed by atoms with Crippen LogP contribution in [0.1, 0.15) is 89.9 Å². The molecular weight excluding hydrogens is 288 g/mol. The summed E-state index contributed by atoms with van der Waals surface area (Å²) in [6.45, 7) is 1.76. The number of ketones is 1. The zero-order valence-electron chi connectivity index (χ0n) is 14.5. The summed E-state index contributed by atoms with van der Waals surface area (Å²) >= 11 is 0. The van der Waals surface area contributed by atoms with Crippen molar-refractivity contribution in [2.45, 2.75) is 95.7 Å². The van der Waals surface area contributed by atoms with Crippen LogP contribution in [0, 0.1) is 10.8 Å². The Morgan fingerprint density at radius 1 is 0.609 bits per heavy atom. The van der Waals surface area contributed by atoms with Gasteiger partial charge in [0.25, 0.3) is 0 Å². The van der Waals surface area contributed by atoms with Gasteiger partial charge in [0.15, 0.2) is 5.79 Å². The Morgan fingerprint density at radius 2 is 1.04 bits per heavy atom. The molecule has 3 heteroatoms. The molecule has 3 aliphatic carbocycles. The van der Waals surface area contributed by atoms with E-state index < -0.39 is 0 Å². The number of hydrogen-bond acceptors (Lipinski definition) is 3. The van der Waals surface area contributed by atoms with Crippen LogP contribution < -0.4 is 0 Å². The maximum absolute atomic E-state index is 11.6. The van der Waals surface area contributed by atoms with Crippen molar-refractivity contribution in [2.75, 3.05) is 13.2 Å². The highest BCUT2D eigenvalue weighted by Crippen LogP contribution is 2.58. The number of carbonyl (C=O) groups is 1. The first-order valence-electron chi connectivity index (χ1n) is 9.93. The van der Waals surface area contributed by atoms with Gasteiger partial charge in [0.1, 0.15) is 5.78 Å². The molecular formula is C20H32O3. The minimum absolute atomic E-state index is 0.242. The average Bonchev–Trinajstić information content (AvgIpc) is 2.82. The van der Waals surface area contributed by atoms with Gasteiger partial charge in [0.2, 0.25) is 0 Å². The summed E-state index contributed by atoms with van der Waals surface area (Å²) in [4.78, 5) is 11.6. The molecule has 0 aromatic carbocycles. The van der Waals surface area contributed by atoms with Gasteiger partial charge in [-0.25, -0.2) is 0 Å². The first-order chi connectivity index (χ1) is 11.1. The van der Waals surface area contributed by atoms with Crippen LogP contribution in [0.5, 0.6) is 0 Å². The van der Waals surface area contributed by atoms with Crippen LogP contribution in [0.15, 0.2) is 0 Å². The number of rotatable bonds is 0. The van der Waals surface area contributed by atoms with E-state index in [0.717, 1.165) is 64.6 Å². The van der Waals surface area contributed by atoms with Crippen LogP contribution in [0.25, 0.3) is 0 Å². The highest BCUT2D eigenvalue weighted by Gasteiger charge is 2.49. The highest BCUT2D eigenvalue weighted by atomic mass is 16.7. The van der Waals surface area contributed by atoms with Crippen molar-refractivity contribution in [3.63, 3.8) is 0 Å². The lowest BCUT2D eigenvalue weighted by Gasteiger charge is -2.52. The van der Waals surface area contributed by atoms with E-state index in [1.807, 2.05) is 0 Å². The van der Waals surface area contributed by atoms with Crippen molar-refractivity contribution >= 4 is 5.78 Å². The second-order valence-corrected chi connectivity index (χ2v) is 8.85. The van der Waals surface area contributed by atoms with E-state index in [4.69, 9.17) is 9.47 Å². The van der Waals surface area contributed by atoms with E-state index in [2.05, 4.69) is 0 Å². The largest absolute Gasteiger partial charge is 0.350 e. The zero-order valence-corrected chi connectivity index (χ0v) is 14.5. The number of Topliss-reactive ketones (excluding diaryl/α,β-unsaturated/α-hetero) is 1. The fourth-order valence-corrected chi connectivity index (χ4v) is 5.58. The van der Waals surface area contributed by atoms with Crippen molar-refractivity contribution in [3.05, 3.63) is 0 Å². The smallest absolute Gasteiger partial charge is 0.168 e. The van der Waals surface area contributed by atoms with Crippen molar-refractivity contribution < 1.29 is 14.3 Å². The van der Waals surface area contributed by atoms with Crippen LogP contribution in [0.4, 0.5) is 0 Å². The van der Waals surface area contributed by atoms with Crippen LogP contribution >= 0.6 is 0 Å². The van der Waals surface area contributed by atoms with Crippen LogP contribution in [0.3, 0.4) is 0 Å². The minimum atomic E-state index is -0.242. The summed E-state index contributed by atoms with van der Waals surface area (Å²) in [6, 6.07) is 0. The Kier molecular flexibility index (Phi) is 4.30. The number of carbonyl (C=O) groups excluding carboxylic acids is 1. The third-order valence-electron chi connectivity index (χ3n) is 7.58. The van der Waals surface area contributed by atoms with E-state index >= 15 is 0 Å². The molecule has 1 aliphatic heterocycles. The second kappa shape index (κ2) is 6.15. The number of hydrogen-bond donors (Lipinski definition) is 0. The first kappa shape index (κ1) is 16.1. The van der Waals surface area contributed by atoms with Gasteiger partial charge in [-0.05, 0) is 75.0 Å². The predicted molar refractivity (Wildman–Crippen MR) is 89.1 cm³/mol. The monoisotopic (exact) mass is 320 g/mol. The molecule has 4 aliphatic rings. The summed E-state index contributed by atoms with van der Waals surface area (Å²) in [6.07, 6.45) is 16.5. The molecule has 3 saturated carbocycles. The minimum Gasteiger partial charge on any atom is -0.350 e. The Labute approximate surface area is 140 Å². The summed E-state index contributed by atoms with van der Waals surface area (Å²) in [5.41, 5.74) is 1.07. The van der Waals surface area contributed by atoms with E-state index in [-0.39, 0.29) is 5.79 Å². The second-order valence-electron chi connectivity index (χ2n) is 8.85. The Hall–Kier alpha value is -0.410. The third-order valence-corrected chi connectivity index (χ3v) is 7.58. The molecule has 0 N–H and O–H groups in total. The maximum Gasteiger partial charge on any atom is 0.168 e. The standard InChI is InChI=1S/C20H32O3/c21-17-3-5-18(6-4-17)7-9-19(10-8-18)11-13-20(14-12-19)22-15-1-2-16-23-20/h1-16H2. The van der Waals surface area contributed by atoms with E-state index in [1.54, 1.807) is 0 Å². The maximum atomic E-state index is 11.6. The highest BCUT2D eigenvalue weighted by molar-refractivity contribution is 5.79. The molecule has 1 heterocycles. The van der Waals surface area contributed by atoms with Crippen LogP contribution in [-0.4, -0.2) is 24.8 Å². The Bertz CT molecular complexity index is 416. The topological polar surface area (TPSA) is 35.5 Å². The molecule has 3 nitrogen and oxygen atoms in total. The molecule has 130 valence electrons. The summed E-state index contributed by atoms with van der Waals surface area (Å²) in [5.74, 6) is 0.256. The zero-order chi connectivity index (χ0) is 15.8. The van der Waals surface area contributed by atoms with Gasteiger partial charge in [-0.1, -0.05) is 0 Å². The molecule has 23 heavy (non-hydrogen) atoms. The van der Waals surface area contributed by atoms with Gasteiger partial charge in [0, 0.05) is 25.7 Å². The normalized spacial score (nSPS) is 33.0. The molecule has 0 aromatic rings. The number of ether oxygens (including phenoxy) is 2. The fraction of sp³-hybridized carbons (Fsp3) is 0.950. The lowest BCUT2D eigenvalue weighted by molar-refractivity contribution is -0.253. The molecule has 0 radical (unpaired) electrons. The SMILES string of the molecule is O=C1CCC2(CC1)CCC1(CC2)CCC2(CC1)OCCCCO2. The Balaban J connectivity index is 1.34. The Morgan fingerprint density at radius 3 is 1.57 bits per heavy atom. The van der Waals surface area contributed by atoms with Crippen LogP contribution in [0.2, 0.25) is 0 Å². The van der Waals surface area contributed by atoms with E-state index in [9.17, 15) is 4.79 Å². The van der Waals surface area contributed by atoms with Gasteiger partial charge in [-0.15, -0.1) is 0 Å². The summed E-state index contributed by atoms with van der Waals surface area (Å²) in [7, 11) is 0. The summed E-state index contributed by atoms with van der Waals surface area (Å²) < 4.78 is 12.3. The van der Waals surface area contributed by atoms with Crippen LogP contribution in [-0.2, 0) is 14.3 Å². The molecule has 4 fully saturated rings. The van der Waals surface area contributed by atoms with Crippen molar-refractivity contribution in [1.82, 2.24) is 0 Å². The quantitative estimate of drug-likeness (QED) is 0.644. The van der Waals surface area contributed by atoms with Gasteiger partial charge < -0.3 is 9.47 Å². The average molecular weight is 320 g/mol. The van der Waals surface area contributed by atoms with Gasteiger partial charge in [-0.3, -0.25) is 4.79 Å². The van der Waals surface area contributed by atoms with E-state index in [1.165, 1.54) is 38.5 Å². The van der Waals surface area contributed by atoms with Crippen molar-refractivity contribution in [3.8, 4) is 0 Å². The van der Waals surface area contributed by atoms with Gasteiger partial charge in [-0.2, -0.15) is 0 Å². The van der Waals surface area contributed by atoms with Crippen molar-refractivity contribution in [1.29, 1.82) is 0 Å². The van der Waals surface area contributed by atoms with E-state index in [0.29, 0.717) is 16.6 Å². The van der Waals surface area contributed by atoms with Crippen molar-refractivity contribution in [2.24, 2.45) is 10.8 Å². The molecule has 3 spiro atoms. The molecule has 0 unspecified atom stereocenters. The molecule has 1 saturated heterocycles. The fourth-order valence-electron chi connectivity index (χ4n) is 5.58. The van der Waals surface area contributed by atoms with Gasteiger partial charge >= 0.3 is 0 Å².